The first-order chi connectivity index (χ1) is 10.1. The Kier molecular flexibility index (Phi) is 4.37. The number of nitrogen functional groups attached to an aromatic ring is 1. The van der Waals surface area contributed by atoms with Crippen LogP contribution < -0.4 is 24.7 Å². The number of anilines is 1. The fraction of sp³-hybridized carbons (Fsp3) is 0.267. The van der Waals surface area contributed by atoms with Gasteiger partial charge in [0.25, 0.3) is 0 Å². The minimum Gasteiger partial charge on any atom is -0.493 e. The quantitative estimate of drug-likeness (QED) is 0.912. The maximum Gasteiger partial charge on any atom is 0.222 e. The molecule has 0 fully saturated rings. The van der Waals surface area contributed by atoms with Crippen molar-refractivity contribution in [1.82, 2.24) is 4.98 Å². The first kappa shape index (κ1) is 14.8. The van der Waals surface area contributed by atoms with Crippen LogP contribution in [0.4, 0.5) is 5.69 Å². The zero-order valence-corrected chi connectivity index (χ0v) is 12.5. The van der Waals surface area contributed by atoms with E-state index in [2.05, 4.69) is 4.98 Å². The zero-order chi connectivity index (χ0) is 15.4. The molecule has 0 aliphatic carbocycles. The second kappa shape index (κ2) is 6.21. The molecule has 0 saturated carbocycles. The summed E-state index contributed by atoms with van der Waals surface area (Å²) in [5.74, 6) is 2.54. The summed E-state index contributed by atoms with van der Waals surface area (Å²) in [6, 6.07) is 5.21. The number of pyridine rings is 1. The van der Waals surface area contributed by atoms with E-state index >= 15 is 0 Å². The van der Waals surface area contributed by atoms with Crippen LogP contribution in [0.5, 0.6) is 28.9 Å². The van der Waals surface area contributed by atoms with Gasteiger partial charge < -0.3 is 24.7 Å². The summed E-state index contributed by atoms with van der Waals surface area (Å²) in [7, 11) is 4.65. The van der Waals surface area contributed by atoms with Gasteiger partial charge in [-0.05, 0) is 13.0 Å². The van der Waals surface area contributed by atoms with E-state index in [1.54, 1.807) is 45.7 Å². The third-order valence-corrected chi connectivity index (χ3v) is 2.90. The summed E-state index contributed by atoms with van der Waals surface area (Å²) in [5.41, 5.74) is 7.10. The van der Waals surface area contributed by atoms with Crippen molar-refractivity contribution in [2.75, 3.05) is 27.1 Å². The Hall–Kier alpha value is -2.63. The Morgan fingerprint density at radius 2 is 1.57 bits per heavy atom. The van der Waals surface area contributed by atoms with Gasteiger partial charge in [-0.3, -0.25) is 0 Å². The minimum atomic E-state index is 0.471. The van der Waals surface area contributed by atoms with Gasteiger partial charge >= 0.3 is 0 Å². The molecule has 0 spiro atoms. The topological polar surface area (TPSA) is 75.8 Å². The molecule has 0 amide bonds. The van der Waals surface area contributed by atoms with Gasteiger partial charge in [-0.1, -0.05) is 0 Å². The Labute approximate surface area is 123 Å². The summed E-state index contributed by atoms with van der Waals surface area (Å²) in [6.45, 7) is 1.87. The van der Waals surface area contributed by atoms with Gasteiger partial charge in [0.2, 0.25) is 11.6 Å². The average Bonchev–Trinajstić information content (AvgIpc) is 2.49. The fourth-order valence-electron chi connectivity index (χ4n) is 1.92. The second-order valence-corrected chi connectivity index (χ2v) is 4.35. The first-order valence-corrected chi connectivity index (χ1v) is 6.29. The van der Waals surface area contributed by atoms with Gasteiger partial charge in [0.15, 0.2) is 11.5 Å². The highest BCUT2D eigenvalue weighted by Crippen LogP contribution is 2.41. The molecule has 112 valence electrons. The predicted molar refractivity (Wildman–Crippen MR) is 79.6 cm³/mol. The van der Waals surface area contributed by atoms with E-state index in [1.807, 2.05) is 6.92 Å². The number of aryl methyl sites for hydroxylation is 1. The second-order valence-electron chi connectivity index (χ2n) is 4.35. The van der Waals surface area contributed by atoms with E-state index in [-0.39, 0.29) is 0 Å². The summed E-state index contributed by atoms with van der Waals surface area (Å²) in [6.07, 6.45) is 1.54. The van der Waals surface area contributed by atoms with Crippen LogP contribution in [-0.2, 0) is 0 Å². The number of rotatable bonds is 5. The van der Waals surface area contributed by atoms with E-state index in [0.717, 1.165) is 5.56 Å². The van der Waals surface area contributed by atoms with Gasteiger partial charge in [-0.2, -0.15) is 0 Å². The molecule has 2 N–H and O–H groups in total. The van der Waals surface area contributed by atoms with Gasteiger partial charge in [-0.25, -0.2) is 4.98 Å². The largest absolute Gasteiger partial charge is 0.493 e. The molecule has 1 heterocycles. The third-order valence-electron chi connectivity index (χ3n) is 2.90. The molecule has 2 aromatic rings. The average molecular weight is 290 g/mol. The number of aromatic nitrogens is 1. The van der Waals surface area contributed by atoms with Crippen molar-refractivity contribution in [2.45, 2.75) is 6.92 Å². The lowest BCUT2D eigenvalue weighted by molar-refractivity contribution is 0.320. The molecule has 1 aromatic heterocycles. The molecule has 0 aliphatic heterocycles. The molecule has 0 atom stereocenters. The molecule has 1 aromatic carbocycles. The molecule has 0 bridgehead atoms. The highest BCUT2D eigenvalue weighted by molar-refractivity contribution is 5.56. The van der Waals surface area contributed by atoms with E-state index in [0.29, 0.717) is 34.6 Å². The first-order valence-electron chi connectivity index (χ1n) is 6.29. The third kappa shape index (κ3) is 3.10. The van der Waals surface area contributed by atoms with E-state index in [1.165, 1.54) is 0 Å². The summed E-state index contributed by atoms with van der Waals surface area (Å²) < 4.78 is 21.6. The van der Waals surface area contributed by atoms with Crippen molar-refractivity contribution < 1.29 is 18.9 Å². The smallest absolute Gasteiger partial charge is 0.222 e. The van der Waals surface area contributed by atoms with Crippen molar-refractivity contribution in [3.8, 4) is 28.9 Å². The van der Waals surface area contributed by atoms with Crippen LogP contribution >= 0.6 is 0 Å². The normalized spacial score (nSPS) is 10.1. The fourth-order valence-corrected chi connectivity index (χ4v) is 1.92. The molecule has 0 saturated heterocycles. The molecular formula is C15H18N2O4. The standard InChI is InChI=1S/C15H18N2O4/c1-9-5-10(16)8-17-15(9)21-11-6-12(18-2)14(20-4)13(7-11)19-3/h5-8H,16H2,1-4H3. The number of ether oxygens (including phenoxy) is 4. The van der Waals surface area contributed by atoms with Crippen LogP contribution in [0.2, 0.25) is 0 Å². The molecule has 6 heteroatoms. The highest BCUT2D eigenvalue weighted by Gasteiger charge is 2.15. The van der Waals surface area contributed by atoms with Gasteiger partial charge in [0.05, 0.1) is 33.2 Å². The van der Waals surface area contributed by atoms with Crippen molar-refractivity contribution >= 4 is 5.69 Å². The SMILES string of the molecule is COc1cc(Oc2ncc(N)cc2C)cc(OC)c1OC. The number of nitrogens with two attached hydrogens (primary N) is 1. The number of hydrogen-bond donors (Lipinski definition) is 1. The highest BCUT2D eigenvalue weighted by atomic mass is 16.5. The van der Waals surface area contributed by atoms with Gasteiger partial charge in [0, 0.05) is 17.7 Å². The molecule has 2 rings (SSSR count). The van der Waals surface area contributed by atoms with Gasteiger partial charge in [-0.15, -0.1) is 0 Å². The zero-order valence-electron chi connectivity index (χ0n) is 12.5. The van der Waals surface area contributed by atoms with Crippen molar-refractivity contribution in [3.05, 3.63) is 30.0 Å². The Bertz CT molecular complexity index is 619. The predicted octanol–water partition coefficient (Wildman–Crippen LogP) is 2.79. The summed E-state index contributed by atoms with van der Waals surface area (Å²) >= 11 is 0. The lowest BCUT2D eigenvalue weighted by Crippen LogP contribution is -1.98. The molecule has 0 radical (unpaired) electrons. The molecule has 0 unspecified atom stereocenters. The Morgan fingerprint density at radius 3 is 2.05 bits per heavy atom. The molecule has 21 heavy (non-hydrogen) atoms. The van der Waals surface area contributed by atoms with Crippen molar-refractivity contribution in [2.24, 2.45) is 0 Å². The minimum absolute atomic E-state index is 0.471. The van der Waals surface area contributed by atoms with Crippen LogP contribution in [0, 0.1) is 6.92 Å². The molecule has 6 nitrogen and oxygen atoms in total. The van der Waals surface area contributed by atoms with Crippen LogP contribution in [0.1, 0.15) is 5.56 Å². The number of nitrogens with zero attached hydrogens (tertiary/aromatic N) is 1. The number of methoxy groups -OCH3 is 3. The van der Waals surface area contributed by atoms with E-state index < -0.39 is 0 Å². The van der Waals surface area contributed by atoms with E-state index in [9.17, 15) is 0 Å². The summed E-state index contributed by atoms with van der Waals surface area (Å²) in [5, 5.41) is 0. The van der Waals surface area contributed by atoms with E-state index in [4.69, 9.17) is 24.7 Å². The van der Waals surface area contributed by atoms with Crippen LogP contribution in [0.25, 0.3) is 0 Å². The lowest BCUT2D eigenvalue weighted by atomic mass is 10.2. The van der Waals surface area contributed by atoms with Crippen LogP contribution in [0.15, 0.2) is 24.4 Å². The van der Waals surface area contributed by atoms with Crippen LogP contribution in [0.3, 0.4) is 0 Å². The maximum atomic E-state index is 5.77. The van der Waals surface area contributed by atoms with Crippen molar-refractivity contribution in [3.63, 3.8) is 0 Å². The maximum absolute atomic E-state index is 5.77. The summed E-state index contributed by atoms with van der Waals surface area (Å²) in [4.78, 5) is 4.17. The monoisotopic (exact) mass is 290 g/mol. The molecular weight excluding hydrogens is 272 g/mol. The van der Waals surface area contributed by atoms with Crippen LogP contribution in [-0.4, -0.2) is 26.3 Å². The van der Waals surface area contributed by atoms with Gasteiger partial charge in [0.1, 0.15) is 5.75 Å². The Balaban J connectivity index is 2.40. The Morgan fingerprint density at radius 1 is 0.952 bits per heavy atom. The number of benzene rings is 1. The molecule has 0 aliphatic rings. The lowest BCUT2D eigenvalue weighted by Gasteiger charge is -2.14. The number of hydrogen-bond acceptors (Lipinski definition) is 6. The van der Waals surface area contributed by atoms with Crippen molar-refractivity contribution in [1.29, 1.82) is 0 Å².